The Labute approximate surface area is 267 Å². The molecule has 2 aliphatic rings. The summed E-state index contributed by atoms with van der Waals surface area (Å²) in [5.74, 6) is 0.219. The number of hydrogen-bond acceptors (Lipinski definition) is 8. The molecule has 5 amide bonds. The molecule has 4 rings (SSSR count). The Bertz CT molecular complexity index is 1470. The van der Waals surface area contributed by atoms with Gasteiger partial charge in [0.1, 0.15) is 17.0 Å². The summed E-state index contributed by atoms with van der Waals surface area (Å²) in [4.78, 5) is 68.2. The van der Waals surface area contributed by atoms with Gasteiger partial charge in [-0.15, -0.1) is 0 Å². The summed E-state index contributed by atoms with van der Waals surface area (Å²) in [6, 6.07) is 8.76. The summed E-state index contributed by atoms with van der Waals surface area (Å²) in [5, 5.41) is 20.2. The van der Waals surface area contributed by atoms with Crippen LogP contribution in [0.15, 0.2) is 41.3 Å². The van der Waals surface area contributed by atoms with E-state index in [1.807, 2.05) is 45.0 Å². The van der Waals surface area contributed by atoms with Crippen molar-refractivity contribution in [3.05, 3.63) is 52.6 Å². The molecule has 1 saturated carbocycles. The number of benzene rings is 1. The Balaban J connectivity index is 1.20. The van der Waals surface area contributed by atoms with Crippen LogP contribution >= 0.6 is 0 Å². The summed E-state index contributed by atoms with van der Waals surface area (Å²) in [7, 11) is 0. The van der Waals surface area contributed by atoms with Crippen LogP contribution in [0, 0.1) is 5.92 Å². The van der Waals surface area contributed by atoms with Gasteiger partial charge >= 0.3 is 23.9 Å². The number of anilines is 1. The van der Waals surface area contributed by atoms with Crippen LogP contribution in [-0.2, 0) is 16.1 Å². The number of rotatable bonds is 9. The molecule has 2 fully saturated rings. The number of amides is 5. The van der Waals surface area contributed by atoms with Gasteiger partial charge < -0.3 is 35.6 Å². The normalized spacial score (nSPS) is 18.3. The highest BCUT2D eigenvalue weighted by atomic mass is 16.6. The van der Waals surface area contributed by atoms with Gasteiger partial charge in [0.2, 0.25) is 5.91 Å². The molecular weight excluding hydrogens is 596 g/mol. The van der Waals surface area contributed by atoms with Crippen molar-refractivity contribution >= 4 is 29.9 Å². The standard InChI is InChI=1S/C31H44N8O7/c1-30(2,3)46-29(45)33-22-16-21(17-22)19-32-18-20-6-8-23(9-7-20)39-11-10-24(35-27(39)42)34-26(41)38-14-12-37(13-15-38)25(40)31(4,5)36-28(43)44/h6-11,21-22,32,36H,12-19H2,1-5H3,(H,33,45)(H,43,44)(H,34,35,41,42). The van der Waals surface area contributed by atoms with Crippen molar-refractivity contribution in [2.45, 2.75) is 71.2 Å². The summed E-state index contributed by atoms with van der Waals surface area (Å²) >= 11 is 0. The molecule has 15 nitrogen and oxygen atoms in total. The number of hydrogen-bond donors (Lipinski definition) is 5. The first kappa shape index (κ1) is 34.2. The van der Waals surface area contributed by atoms with Crippen molar-refractivity contribution in [2.24, 2.45) is 5.92 Å². The number of carbonyl (C=O) groups excluding carboxylic acids is 3. The lowest BCUT2D eigenvalue weighted by molar-refractivity contribution is -0.138. The highest BCUT2D eigenvalue weighted by Gasteiger charge is 2.36. The number of alkyl carbamates (subject to hydrolysis) is 1. The molecule has 2 heterocycles. The topological polar surface area (TPSA) is 187 Å². The Morgan fingerprint density at radius 3 is 2.17 bits per heavy atom. The minimum atomic E-state index is -1.29. The van der Waals surface area contributed by atoms with E-state index in [0.29, 0.717) is 18.2 Å². The molecule has 5 N–H and O–H groups in total. The molecule has 1 aromatic carbocycles. The number of carbonyl (C=O) groups is 4. The maximum Gasteiger partial charge on any atom is 0.407 e. The van der Waals surface area contributed by atoms with Gasteiger partial charge in [-0.05, 0) is 83.7 Å². The average Bonchev–Trinajstić information content (AvgIpc) is 2.94. The third-order valence-corrected chi connectivity index (χ3v) is 7.78. The van der Waals surface area contributed by atoms with E-state index in [9.17, 15) is 24.0 Å². The van der Waals surface area contributed by atoms with E-state index in [2.05, 4.69) is 26.3 Å². The van der Waals surface area contributed by atoms with Gasteiger partial charge in [-0.1, -0.05) is 12.1 Å². The molecule has 0 bridgehead atoms. The van der Waals surface area contributed by atoms with E-state index < -0.39 is 29.0 Å². The second kappa shape index (κ2) is 14.2. The minimum Gasteiger partial charge on any atom is -0.465 e. The average molecular weight is 641 g/mol. The largest absolute Gasteiger partial charge is 0.465 e. The Morgan fingerprint density at radius 1 is 0.957 bits per heavy atom. The van der Waals surface area contributed by atoms with Gasteiger partial charge in [-0.2, -0.15) is 4.98 Å². The number of aromatic nitrogens is 2. The number of ether oxygens (including phenoxy) is 1. The van der Waals surface area contributed by atoms with Crippen LogP contribution in [0.2, 0.25) is 0 Å². The number of piperazine rings is 1. The van der Waals surface area contributed by atoms with Crippen molar-refractivity contribution in [1.29, 1.82) is 0 Å². The van der Waals surface area contributed by atoms with E-state index in [1.165, 1.54) is 34.3 Å². The molecule has 1 aliphatic heterocycles. The predicted molar refractivity (Wildman–Crippen MR) is 170 cm³/mol. The lowest BCUT2D eigenvalue weighted by atomic mass is 9.80. The molecule has 2 aromatic rings. The second-order valence-electron chi connectivity index (χ2n) is 13.2. The maximum absolute atomic E-state index is 12.8. The predicted octanol–water partition coefficient (Wildman–Crippen LogP) is 2.35. The van der Waals surface area contributed by atoms with E-state index in [4.69, 9.17) is 9.84 Å². The van der Waals surface area contributed by atoms with Crippen LogP contribution in [0.25, 0.3) is 5.69 Å². The summed E-state index contributed by atoms with van der Waals surface area (Å²) in [6.07, 6.45) is 1.69. The first-order valence-corrected chi connectivity index (χ1v) is 15.4. The number of nitrogens with one attached hydrogen (secondary N) is 4. The molecule has 1 saturated heterocycles. The Morgan fingerprint density at radius 2 is 1.59 bits per heavy atom. The van der Waals surface area contributed by atoms with Crippen LogP contribution in [0.1, 0.15) is 53.0 Å². The van der Waals surface area contributed by atoms with Crippen molar-refractivity contribution in [3.8, 4) is 5.69 Å². The van der Waals surface area contributed by atoms with E-state index in [1.54, 1.807) is 6.20 Å². The van der Waals surface area contributed by atoms with Crippen LogP contribution in [0.3, 0.4) is 0 Å². The summed E-state index contributed by atoms with van der Waals surface area (Å²) in [6.45, 7) is 11.0. The molecular formula is C31H44N8O7. The summed E-state index contributed by atoms with van der Waals surface area (Å²) in [5.41, 5.74) is -0.656. The zero-order valence-corrected chi connectivity index (χ0v) is 27.0. The fourth-order valence-corrected chi connectivity index (χ4v) is 5.38. The molecule has 250 valence electrons. The van der Waals surface area contributed by atoms with Gasteiger partial charge in [0.05, 0.1) is 5.69 Å². The SMILES string of the molecule is CC(C)(C)OC(=O)NC1CC(CNCc2ccc(-n3ccc(NC(=O)N4CCN(C(=O)C(C)(C)NC(=O)O)CC4)nc3=O)cc2)C1. The zero-order valence-electron chi connectivity index (χ0n) is 27.0. The quantitative estimate of drug-likeness (QED) is 0.274. The fourth-order valence-electron chi connectivity index (χ4n) is 5.38. The lowest BCUT2D eigenvalue weighted by Crippen LogP contribution is -2.60. The first-order valence-electron chi connectivity index (χ1n) is 15.4. The van der Waals surface area contributed by atoms with Crippen molar-refractivity contribution in [1.82, 2.24) is 35.3 Å². The van der Waals surface area contributed by atoms with E-state index >= 15 is 0 Å². The Kier molecular flexibility index (Phi) is 10.6. The fraction of sp³-hybridized carbons (Fsp3) is 0.548. The monoisotopic (exact) mass is 640 g/mol. The minimum absolute atomic E-state index is 0.108. The third-order valence-electron chi connectivity index (χ3n) is 7.78. The second-order valence-corrected chi connectivity index (χ2v) is 13.2. The Hall–Kier alpha value is -4.66. The molecule has 0 radical (unpaired) electrons. The zero-order chi connectivity index (χ0) is 33.6. The molecule has 15 heteroatoms. The van der Waals surface area contributed by atoms with Crippen molar-refractivity contribution < 1.29 is 29.0 Å². The lowest BCUT2D eigenvalue weighted by Gasteiger charge is -2.38. The number of urea groups is 1. The third kappa shape index (κ3) is 9.42. The molecule has 1 aliphatic carbocycles. The van der Waals surface area contributed by atoms with Crippen molar-refractivity contribution in [2.75, 3.05) is 38.0 Å². The van der Waals surface area contributed by atoms with Gasteiger partial charge in [0.15, 0.2) is 0 Å². The number of nitrogens with zero attached hydrogens (tertiary/aromatic N) is 4. The molecule has 0 unspecified atom stereocenters. The molecule has 1 aromatic heterocycles. The van der Waals surface area contributed by atoms with E-state index in [-0.39, 0.29) is 50.0 Å². The van der Waals surface area contributed by atoms with Gasteiger partial charge in [-0.25, -0.2) is 19.2 Å². The highest BCUT2D eigenvalue weighted by molar-refractivity contribution is 5.90. The summed E-state index contributed by atoms with van der Waals surface area (Å²) < 4.78 is 6.69. The maximum atomic E-state index is 12.8. The van der Waals surface area contributed by atoms with Crippen LogP contribution in [-0.4, -0.2) is 98.5 Å². The smallest absolute Gasteiger partial charge is 0.407 e. The van der Waals surface area contributed by atoms with E-state index in [0.717, 1.165) is 24.9 Å². The number of carboxylic acid groups (broad SMARTS) is 1. The molecule has 0 atom stereocenters. The van der Waals surface area contributed by atoms with Gasteiger partial charge in [-0.3, -0.25) is 14.7 Å². The first-order chi connectivity index (χ1) is 21.6. The van der Waals surface area contributed by atoms with Crippen LogP contribution in [0.5, 0.6) is 0 Å². The highest BCUT2D eigenvalue weighted by Crippen LogP contribution is 2.27. The van der Waals surface area contributed by atoms with Gasteiger partial charge in [0, 0.05) is 45.0 Å². The van der Waals surface area contributed by atoms with Gasteiger partial charge in [0.25, 0.3) is 0 Å². The van der Waals surface area contributed by atoms with Crippen LogP contribution < -0.4 is 27.0 Å². The molecule has 0 spiro atoms. The van der Waals surface area contributed by atoms with Crippen molar-refractivity contribution in [3.63, 3.8) is 0 Å². The molecule has 46 heavy (non-hydrogen) atoms. The van der Waals surface area contributed by atoms with Crippen LogP contribution in [0.4, 0.5) is 20.2 Å².